The Kier molecular flexibility index (Phi) is 3.98. The number of nitrogens with zero attached hydrogens (tertiary/aromatic N) is 1. The number of hydrogen-bond donors (Lipinski definition) is 0. The van der Waals surface area contributed by atoms with Crippen molar-refractivity contribution in [1.29, 1.82) is 0 Å². The van der Waals surface area contributed by atoms with E-state index in [-0.39, 0.29) is 18.3 Å². The van der Waals surface area contributed by atoms with Gasteiger partial charge in [-0.25, -0.2) is 9.59 Å². The maximum atomic E-state index is 12.3. The van der Waals surface area contributed by atoms with Gasteiger partial charge in [0.1, 0.15) is 12.4 Å². The minimum Gasteiger partial charge on any atom is -0.463 e. The Labute approximate surface area is 134 Å². The Balaban J connectivity index is 1.67. The molecule has 6 heteroatoms. The van der Waals surface area contributed by atoms with Crippen LogP contribution in [0, 0.1) is 13.8 Å². The summed E-state index contributed by atoms with van der Waals surface area (Å²) in [6, 6.07) is 5.46. The summed E-state index contributed by atoms with van der Waals surface area (Å²) in [5.74, 6) is -0.461. The summed E-state index contributed by atoms with van der Waals surface area (Å²) in [4.78, 5) is 23.6. The van der Waals surface area contributed by atoms with Crippen LogP contribution >= 0.6 is 0 Å². The first-order valence-electron chi connectivity index (χ1n) is 7.54. The number of ether oxygens (including phenoxy) is 2. The van der Waals surface area contributed by atoms with E-state index in [9.17, 15) is 9.59 Å². The van der Waals surface area contributed by atoms with Crippen LogP contribution < -0.4 is 0 Å². The smallest absolute Gasteiger partial charge is 0.373 e. The molecule has 2 aromatic heterocycles. The topological polar surface area (TPSA) is 70.7 Å². The van der Waals surface area contributed by atoms with Crippen molar-refractivity contribution in [3.63, 3.8) is 0 Å². The van der Waals surface area contributed by atoms with Gasteiger partial charge in [0.05, 0.1) is 12.7 Å². The number of methoxy groups -OCH3 is 1. The highest BCUT2D eigenvalue weighted by Crippen LogP contribution is 2.38. The van der Waals surface area contributed by atoms with Gasteiger partial charge in [0, 0.05) is 17.4 Å². The first kappa shape index (κ1) is 15.4. The average Bonchev–Trinajstić information content (AvgIpc) is 3.17. The van der Waals surface area contributed by atoms with Crippen molar-refractivity contribution < 1.29 is 23.5 Å². The largest absolute Gasteiger partial charge is 0.463 e. The highest BCUT2D eigenvalue weighted by atomic mass is 16.5. The van der Waals surface area contributed by atoms with E-state index in [1.807, 2.05) is 19.9 Å². The Morgan fingerprint density at radius 2 is 2.00 bits per heavy atom. The van der Waals surface area contributed by atoms with Crippen LogP contribution in [0.4, 0.5) is 0 Å². The predicted molar refractivity (Wildman–Crippen MR) is 81.3 cm³/mol. The van der Waals surface area contributed by atoms with Crippen molar-refractivity contribution in [1.82, 2.24) is 4.57 Å². The zero-order valence-corrected chi connectivity index (χ0v) is 13.4. The van der Waals surface area contributed by atoms with Crippen LogP contribution in [-0.2, 0) is 16.1 Å². The van der Waals surface area contributed by atoms with E-state index in [0.29, 0.717) is 17.4 Å². The molecule has 0 radical (unpaired) electrons. The van der Waals surface area contributed by atoms with E-state index in [2.05, 4.69) is 9.30 Å². The van der Waals surface area contributed by atoms with Crippen LogP contribution in [0.25, 0.3) is 0 Å². The molecule has 23 heavy (non-hydrogen) atoms. The van der Waals surface area contributed by atoms with Crippen molar-refractivity contribution >= 4 is 11.9 Å². The molecular weight excluding hydrogens is 298 g/mol. The number of aromatic nitrogens is 1. The van der Waals surface area contributed by atoms with Crippen molar-refractivity contribution in [2.75, 3.05) is 7.11 Å². The van der Waals surface area contributed by atoms with Gasteiger partial charge in [-0.1, -0.05) is 0 Å². The SMILES string of the molecule is COC(=O)c1ccc(COC(=O)c2cc(C)n(C3CC3)c2C)o1. The molecule has 1 aliphatic rings. The molecule has 0 aromatic carbocycles. The number of hydrogen-bond acceptors (Lipinski definition) is 5. The number of aryl methyl sites for hydroxylation is 1. The highest BCUT2D eigenvalue weighted by molar-refractivity contribution is 5.91. The molecular formula is C17H19NO5. The lowest BCUT2D eigenvalue weighted by atomic mass is 10.2. The van der Waals surface area contributed by atoms with Crippen LogP contribution in [0.1, 0.15) is 56.9 Å². The fourth-order valence-corrected chi connectivity index (χ4v) is 2.76. The molecule has 2 heterocycles. The molecule has 0 atom stereocenters. The van der Waals surface area contributed by atoms with Crippen molar-refractivity contribution in [2.45, 2.75) is 39.3 Å². The predicted octanol–water partition coefficient (Wildman–Crippen LogP) is 3.18. The summed E-state index contributed by atoms with van der Waals surface area (Å²) in [5, 5.41) is 0. The van der Waals surface area contributed by atoms with Gasteiger partial charge in [-0.15, -0.1) is 0 Å². The highest BCUT2D eigenvalue weighted by Gasteiger charge is 2.28. The quantitative estimate of drug-likeness (QED) is 0.792. The molecule has 0 bridgehead atoms. The number of rotatable bonds is 5. The number of carbonyl (C=O) groups is 2. The Morgan fingerprint density at radius 3 is 2.65 bits per heavy atom. The second-order valence-corrected chi connectivity index (χ2v) is 5.72. The lowest BCUT2D eigenvalue weighted by molar-refractivity contribution is 0.0437. The minimum absolute atomic E-state index is 0.0249. The molecule has 0 spiro atoms. The minimum atomic E-state index is -0.560. The lowest BCUT2D eigenvalue weighted by Gasteiger charge is -2.07. The molecule has 0 saturated heterocycles. The van der Waals surface area contributed by atoms with E-state index in [4.69, 9.17) is 9.15 Å². The molecule has 0 amide bonds. The van der Waals surface area contributed by atoms with Gasteiger partial charge >= 0.3 is 11.9 Å². The summed E-state index contributed by atoms with van der Waals surface area (Å²) in [7, 11) is 1.28. The summed E-state index contributed by atoms with van der Waals surface area (Å²) in [6.45, 7) is 3.91. The Morgan fingerprint density at radius 1 is 1.26 bits per heavy atom. The summed E-state index contributed by atoms with van der Waals surface area (Å²) >= 11 is 0. The summed E-state index contributed by atoms with van der Waals surface area (Å²) < 4.78 is 17.3. The van der Waals surface area contributed by atoms with Gasteiger partial charge in [0.25, 0.3) is 0 Å². The Hall–Kier alpha value is -2.50. The second-order valence-electron chi connectivity index (χ2n) is 5.72. The second kappa shape index (κ2) is 5.95. The third-order valence-electron chi connectivity index (χ3n) is 4.01. The summed E-state index contributed by atoms with van der Waals surface area (Å²) in [5.41, 5.74) is 2.58. The van der Waals surface area contributed by atoms with E-state index >= 15 is 0 Å². The third-order valence-corrected chi connectivity index (χ3v) is 4.01. The lowest BCUT2D eigenvalue weighted by Crippen LogP contribution is -2.07. The zero-order valence-electron chi connectivity index (χ0n) is 13.4. The monoisotopic (exact) mass is 317 g/mol. The molecule has 0 aliphatic heterocycles. The molecule has 1 aliphatic carbocycles. The normalized spacial score (nSPS) is 13.9. The molecule has 2 aromatic rings. The maximum absolute atomic E-state index is 12.3. The standard InChI is InChI=1S/C17H19NO5/c1-10-8-14(11(2)18(10)12-4-5-12)16(19)22-9-13-6-7-15(23-13)17(20)21-3/h6-8,12H,4-5,9H2,1-3H3. The third kappa shape index (κ3) is 3.02. The van der Waals surface area contributed by atoms with Gasteiger partial charge < -0.3 is 18.5 Å². The van der Waals surface area contributed by atoms with E-state index in [0.717, 1.165) is 24.2 Å². The van der Waals surface area contributed by atoms with Gasteiger partial charge in [-0.05, 0) is 44.9 Å². The number of carbonyl (C=O) groups excluding carboxylic acids is 2. The fraction of sp³-hybridized carbons (Fsp3) is 0.412. The summed E-state index contributed by atoms with van der Waals surface area (Å²) in [6.07, 6.45) is 2.32. The van der Waals surface area contributed by atoms with E-state index in [1.165, 1.54) is 13.2 Å². The maximum Gasteiger partial charge on any atom is 0.373 e. The molecule has 122 valence electrons. The molecule has 3 rings (SSSR count). The van der Waals surface area contributed by atoms with Crippen LogP contribution in [0.3, 0.4) is 0 Å². The van der Waals surface area contributed by atoms with Crippen molar-refractivity contribution in [3.05, 3.63) is 46.7 Å². The molecule has 6 nitrogen and oxygen atoms in total. The van der Waals surface area contributed by atoms with Crippen LogP contribution in [0.15, 0.2) is 22.6 Å². The van der Waals surface area contributed by atoms with Gasteiger partial charge in [-0.2, -0.15) is 0 Å². The first-order chi connectivity index (χ1) is 11.0. The van der Waals surface area contributed by atoms with Crippen molar-refractivity contribution in [2.24, 2.45) is 0 Å². The van der Waals surface area contributed by atoms with Crippen LogP contribution in [-0.4, -0.2) is 23.6 Å². The van der Waals surface area contributed by atoms with Gasteiger partial charge in [0.2, 0.25) is 5.76 Å². The zero-order chi connectivity index (χ0) is 16.6. The molecule has 0 N–H and O–H groups in total. The van der Waals surface area contributed by atoms with Crippen molar-refractivity contribution in [3.8, 4) is 0 Å². The fourth-order valence-electron chi connectivity index (χ4n) is 2.76. The number of esters is 2. The Bertz CT molecular complexity index is 751. The average molecular weight is 317 g/mol. The molecule has 1 fully saturated rings. The first-order valence-corrected chi connectivity index (χ1v) is 7.54. The van der Waals surface area contributed by atoms with Gasteiger partial charge in [-0.3, -0.25) is 0 Å². The van der Waals surface area contributed by atoms with E-state index in [1.54, 1.807) is 6.07 Å². The van der Waals surface area contributed by atoms with Crippen LogP contribution in [0.2, 0.25) is 0 Å². The van der Waals surface area contributed by atoms with Crippen LogP contribution in [0.5, 0.6) is 0 Å². The number of furan rings is 1. The van der Waals surface area contributed by atoms with E-state index < -0.39 is 5.97 Å². The molecule has 0 unspecified atom stereocenters. The molecule has 1 saturated carbocycles. The van der Waals surface area contributed by atoms with Gasteiger partial charge in [0.15, 0.2) is 0 Å².